The van der Waals surface area contributed by atoms with Crippen LogP contribution in [0.5, 0.6) is 0 Å². The summed E-state index contributed by atoms with van der Waals surface area (Å²) in [6.45, 7) is 6.77. The van der Waals surface area contributed by atoms with Crippen molar-refractivity contribution in [3.8, 4) is 0 Å². The highest BCUT2D eigenvalue weighted by atomic mass is 16.6. The molecule has 2 amide bonds. The Hall–Kier alpha value is -2.12. The molecule has 2 aliphatic rings. The van der Waals surface area contributed by atoms with Crippen LogP contribution in [-0.2, 0) is 16.1 Å². The third-order valence-electron chi connectivity index (χ3n) is 7.98. The zero-order valence-corrected chi connectivity index (χ0v) is 19.5. The smallest absolute Gasteiger partial charge is 0.407 e. The molecule has 2 saturated carbocycles. The number of benzene rings is 1. The second kappa shape index (κ2) is 10.2. The molecule has 32 heavy (non-hydrogen) atoms. The highest BCUT2D eigenvalue weighted by molar-refractivity contribution is 5.76. The van der Waals surface area contributed by atoms with Crippen molar-refractivity contribution in [2.75, 3.05) is 13.2 Å². The normalized spacial score (nSPS) is 34.3. The van der Waals surface area contributed by atoms with Crippen LogP contribution in [0.2, 0.25) is 0 Å². The molecule has 0 bridgehead atoms. The van der Waals surface area contributed by atoms with Crippen LogP contribution in [0.1, 0.15) is 58.4 Å². The first-order chi connectivity index (χ1) is 15.2. The molecule has 6 atom stereocenters. The number of alkyl carbamates (subject to hydrolysis) is 1. The highest BCUT2D eigenvalue weighted by Crippen LogP contribution is 2.61. The molecule has 3 rings (SSSR count). The van der Waals surface area contributed by atoms with Gasteiger partial charge in [0.2, 0.25) is 5.91 Å². The third-order valence-corrected chi connectivity index (χ3v) is 7.98. The van der Waals surface area contributed by atoms with Crippen LogP contribution in [-0.4, -0.2) is 47.6 Å². The minimum atomic E-state index is -0.628. The van der Waals surface area contributed by atoms with Gasteiger partial charge in [0, 0.05) is 24.9 Å². The fraction of sp³-hybridized carbons (Fsp3) is 0.680. The fourth-order valence-corrected chi connectivity index (χ4v) is 6.16. The summed E-state index contributed by atoms with van der Waals surface area (Å²) in [5.74, 6) is -0.261. The number of rotatable bonds is 7. The lowest BCUT2D eigenvalue weighted by atomic mass is 9.46. The summed E-state index contributed by atoms with van der Waals surface area (Å²) < 4.78 is 5.71. The van der Waals surface area contributed by atoms with Crippen LogP contribution >= 0.6 is 0 Å². The van der Waals surface area contributed by atoms with E-state index in [4.69, 9.17) is 4.74 Å². The summed E-state index contributed by atoms with van der Waals surface area (Å²) >= 11 is 0. The molecule has 0 spiro atoms. The number of fused-ring (bicyclic) bond motifs is 1. The summed E-state index contributed by atoms with van der Waals surface area (Å²) in [4.78, 5) is 24.9. The lowest BCUT2D eigenvalue weighted by molar-refractivity contribution is -0.185. The van der Waals surface area contributed by atoms with E-state index in [1.807, 2.05) is 44.2 Å². The number of aliphatic hydroxyl groups is 2. The van der Waals surface area contributed by atoms with E-state index in [9.17, 15) is 19.8 Å². The van der Waals surface area contributed by atoms with Crippen LogP contribution in [0.15, 0.2) is 30.3 Å². The average molecular weight is 447 g/mol. The van der Waals surface area contributed by atoms with Gasteiger partial charge in [0.1, 0.15) is 6.10 Å². The van der Waals surface area contributed by atoms with Crippen molar-refractivity contribution in [3.05, 3.63) is 35.9 Å². The Morgan fingerprint density at radius 2 is 1.84 bits per heavy atom. The quantitative estimate of drug-likeness (QED) is 0.515. The number of carbonyl (C=O) groups excluding carboxylic acids is 2. The predicted molar refractivity (Wildman–Crippen MR) is 122 cm³/mol. The van der Waals surface area contributed by atoms with Gasteiger partial charge in [-0.1, -0.05) is 44.2 Å². The van der Waals surface area contributed by atoms with Gasteiger partial charge in [-0.05, 0) is 55.4 Å². The van der Waals surface area contributed by atoms with Crippen LogP contribution in [0, 0.1) is 22.7 Å². The van der Waals surface area contributed by atoms with E-state index in [0.717, 1.165) is 18.4 Å². The molecule has 0 aliphatic heterocycles. The Balaban J connectivity index is 1.73. The summed E-state index contributed by atoms with van der Waals surface area (Å²) in [5, 5.41) is 27.0. The molecule has 178 valence electrons. The maximum Gasteiger partial charge on any atom is 0.407 e. The third kappa shape index (κ3) is 4.94. The summed E-state index contributed by atoms with van der Waals surface area (Å²) in [7, 11) is 0. The Bertz CT molecular complexity index is 788. The summed E-state index contributed by atoms with van der Waals surface area (Å²) in [5.41, 5.74) is 0.0714. The number of ether oxygens (including phenoxy) is 1. The fourth-order valence-electron chi connectivity index (χ4n) is 6.16. The Kier molecular flexibility index (Phi) is 7.83. The van der Waals surface area contributed by atoms with Gasteiger partial charge >= 0.3 is 6.09 Å². The highest BCUT2D eigenvalue weighted by Gasteiger charge is 2.60. The first-order valence-electron chi connectivity index (χ1n) is 11.8. The molecule has 2 fully saturated rings. The van der Waals surface area contributed by atoms with Crippen molar-refractivity contribution < 1.29 is 24.5 Å². The molecule has 2 aliphatic carbocycles. The van der Waals surface area contributed by atoms with Crippen LogP contribution in [0.4, 0.5) is 4.79 Å². The van der Waals surface area contributed by atoms with E-state index in [1.54, 1.807) is 0 Å². The summed E-state index contributed by atoms with van der Waals surface area (Å²) in [6.07, 6.45) is 1.42. The van der Waals surface area contributed by atoms with Crippen molar-refractivity contribution >= 4 is 12.0 Å². The predicted octanol–water partition coefficient (Wildman–Crippen LogP) is 2.99. The van der Waals surface area contributed by atoms with Crippen molar-refractivity contribution in [1.29, 1.82) is 0 Å². The van der Waals surface area contributed by atoms with Crippen LogP contribution < -0.4 is 10.6 Å². The van der Waals surface area contributed by atoms with Crippen LogP contribution in [0.25, 0.3) is 0 Å². The topological polar surface area (TPSA) is 108 Å². The molecule has 0 heterocycles. The van der Waals surface area contributed by atoms with E-state index in [1.165, 1.54) is 0 Å². The van der Waals surface area contributed by atoms with Crippen molar-refractivity contribution in [1.82, 2.24) is 10.6 Å². The number of hydrogen-bond acceptors (Lipinski definition) is 5. The SMILES string of the molecule is CCNC(=O)O[C@@H]1CC[C@]2(C)C(CC[C@@H](O)[C@H]2CC(=O)NCc2ccccc2)[C@]1(C)CO. The zero-order valence-electron chi connectivity index (χ0n) is 19.5. The van der Waals surface area contributed by atoms with Gasteiger partial charge in [-0.25, -0.2) is 4.79 Å². The standard InChI is InChI=1S/C25H38N2O5/c1-4-26-23(31)32-21-12-13-24(2)18(19(29)10-11-20(24)25(21,3)16-28)14-22(30)27-15-17-8-6-5-7-9-17/h5-9,18-21,28-29H,4,10-16H2,1-3H3,(H,26,31)(H,27,30)/t18-,19-,20?,21-,24+,25+/m1/s1. The summed E-state index contributed by atoms with van der Waals surface area (Å²) in [6, 6.07) is 9.75. The maximum absolute atomic E-state index is 12.8. The van der Waals surface area contributed by atoms with Crippen molar-refractivity contribution in [2.45, 2.75) is 71.6 Å². The largest absolute Gasteiger partial charge is 0.446 e. The van der Waals surface area contributed by atoms with E-state index < -0.39 is 23.7 Å². The Labute approximate surface area is 190 Å². The van der Waals surface area contributed by atoms with Crippen molar-refractivity contribution in [2.24, 2.45) is 22.7 Å². The molecular weight excluding hydrogens is 408 g/mol. The first-order valence-corrected chi connectivity index (χ1v) is 11.8. The minimum absolute atomic E-state index is 0.0310. The number of hydrogen-bond donors (Lipinski definition) is 4. The van der Waals surface area contributed by atoms with E-state index in [-0.39, 0.29) is 36.2 Å². The molecular formula is C25H38N2O5. The number of amides is 2. The van der Waals surface area contributed by atoms with E-state index in [2.05, 4.69) is 17.6 Å². The second-order valence-electron chi connectivity index (χ2n) is 9.90. The van der Waals surface area contributed by atoms with Crippen molar-refractivity contribution in [3.63, 3.8) is 0 Å². The molecule has 1 aromatic rings. The number of aliphatic hydroxyl groups excluding tert-OH is 2. The number of nitrogens with one attached hydrogen (secondary N) is 2. The van der Waals surface area contributed by atoms with Gasteiger partial charge in [-0.2, -0.15) is 0 Å². The maximum atomic E-state index is 12.8. The number of carbonyl (C=O) groups is 2. The molecule has 1 aromatic carbocycles. The van der Waals surface area contributed by atoms with Crippen LogP contribution in [0.3, 0.4) is 0 Å². The lowest BCUT2D eigenvalue weighted by Crippen LogP contribution is -2.61. The van der Waals surface area contributed by atoms with E-state index in [0.29, 0.717) is 25.9 Å². The molecule has 0 radical (unpaired) electrons. The second-order valence-corrected chi connectivity index (χ2v) is 9.90. The molecule has 0 saturated heterocycles. The molecule has 0 aromatic heterocycles. The average Bonchev–Trinajstić information content (AvgIpc) is 2.78. The van der Waals surface area contributed by atoms with Gasteiger partial charge in [0.05, 0.1) is 12.7 Å². The van der Waals surface area contributed by atoms with Gasteiger partial charge in [0.25, 0.3) is 0 Å². The molecule has 4 N–H and O–H groups in total. The molecule has 7 nitrogen and oxygen atoms in total. The Morgan fingerprint density at radius 3 is 2.50 bits per heavy atom. The minimum Gasteiger partial charge on any atom is -0.446 e. The molecule has 1 unspecified atom stereocenters. The van der Waals surface area contributed by atoms with E-state index >= 15 is 0 Å². The monoisotopic (exact) mass is 446 g/mol. The van der Waals surface area contributed by atoms with Gasteiger partial charge in [0.15, 0.2) is 0 Å². The molecule has 7 heteroatoms. The lowest BCUT2D eigenvalue weighted by Gasteiger charge is -2.60. The Morgan fingerprint density at radius 1 is 1.12 bits per heavy atom. The van der Waals surface area contributed by atoms with Gasteiger partial charge < -0.3 is 25.6 Å². The first kappa shape index (κ1) is 24.5. The van der Waals surface area contributed by atoms with Gasteiger partial charge in [-0.15, -0.1) is 0 Å². The van der Waals surface area contributed by atoms with Gasteiger partial charge in [-0.3, -0.25) is 4.79 Å². The zero-order chi connectivity index (χ0) is 23.4.